The fourth-order valence-corrected chi connectivity index (χ4v) is 2.09. The van der Waals surface area contributed by atoms with Gasteiger partial charge in [-0.15, -0.1) is 0 Å². The second-order valence-corrected chi connectivity index (χ2v) is 4.19. The topological polar surface area (TPSA) is 77.8 Å². The van der Waals surface area contributed by atoms with Crippen LogP contribution in [-0.4, -0.2) is 39.3 Å². The van der Waals surface area contributed by atoms with Crippen molar-refractivity contribution < 1.29 is 19.8 Å². The highest BCUT2D eigenvalue weighted by atomic mass is 16.4. The Labute approximate surface area is 88.7 Å². The molecule has 0 aromatic carbocycles. The first-order chi connectivity index (χ1) is 6.93. The predicted molar refractivity (Wildman–Crippen MR) is 53.5 cm³/mol. The van der Waals surface area contributed by atoms with Crippen molar-refractivity contribution in [3.05, 3.63) is 5.92 Å². The highest BCUT2D eigenvalue weighted by Gasteiger charge is 2.41. The molecule has 1 aliphatic heterocycles. The van der Waals surface area contributed by atoms with Gasteiger partial charge in [-0.2, -0.15) is 0 Å². The van der Waals surface area contributed by atoms with Gasteiger partial charge < -0.3 is 10.2 Å². The van der Waals surface area contributed by atoms with Gasteiger partial charge in [0.25, 0.3) is 0 Å². The monoisotopic (exact) mass is 214 g/mol. The van der Waals surface area contributed by atoms with E-state index in [-0.39, 0.29) is 6.04 Å². The molecule has 0 spiro atoms. The Hall–Kier alpha value is -1.26. The van der Waals surface area contributed by atoms with Crippen LogP contribution in [-0.2, 0) is 4.79 Å². The highest BCUT2D eigenvalue weighted by Crippen LogP contribution is 2.29. The average molecular weight is 214 g/mol. The van der Waals surface area contributed by atoms with Gasteiger partial charge in [-0.1, -0.05) is 13.8 Å². The lowest BCUT2D eigenvalue weighted by molar-refractivity contribution is -0.142. The Bertz CT molecular complexity index is 264. The first-order valence-corrected chi connectivity index (χ1v) is 4.96. The molecule has 5 heteroatoms. The molecule has 0 aromatic heterocycles. The third kappa shape index (κ3) is 2.61. The van der Waals surface area contributed by atoms with E-state index >= 15 is 0 Å². The van der Waals surface area contributed by atoms with E-state index < -0.39 is 18.1 Å². The zero-order chi connectivity index (χ0) is 11.6. The average Bonchev–Trinajstić information content (AvgIpc) is 2.46. The number of rotatable bonds is 3. The van der Waals surface area contributed by atoms with Gasteiger partial charge in [0.2, 0.25) is 0 Å². The number of nitrogens with zero attached hydrogens (tertiary/aromatic N) is 1. The van der Waals surface area contributed by atoms with E-state index in [1.165, 1.54) is 0 Å². The number of hydrogen-bond acceptors (Lipinski definition) is 2. The van der Waals surface area contributed by atoms with E-state index in [1.807, 2.05) is 13.8 Å². The molecule has 0 aliphatic carbocycles. The number of carbonyl (C=O) groups is 2. The number of amides is 1. The summed E-state index contributed by atoms with van der Waals surface area (Å²) in [6.45, 7) is 3.85. The normalized spacial score (nSPS) is 25.9. The van der Waals surface area contributed by atoms with Crippen molar-refractivity contribution in [3.8, 4) is 0 Å². The van der Waals surface area contributed by atoms with Crippen molar-refractivity contribution in [2.24, 2.45) is 0 Å². The van der Waals surface area contributed by atoms with Crippen LogP contribution in [0.15, 0.2) is 0 Å². The van der Waals surface area contributed by atoms with Crippen molar-refractivity contribution in [3.63, 3.8) is 0 Å². The van der Waals surface area contributed by atoms with E-state index in [9.17, 15) is 9.59 Å². The van der Waals surface area contributed by atoms with Crippen LogP contribution >= 0.6 is 0 Å². The first-order valence-electron chi connectivity index (χ1n) is 4.96. The minimum atomic E-state index is -1.13. The van der Waals surface area contributed by atoms with Crippen LogP contribution in [0.4, 0.5) is 4.79 Å². The molecule has 2 unspecified atom stereocenters. The zero-order valence-corrected chi connectivity index (χ0v) is 8.93. The number of likely N-dealkylation sites (tertiary alicyclic amines) is 1. The summed E-state index contributed by atoms with van der Waals surface area (Å²) in [5.74, 6) is 0.0749. The van der Waals surface area contributed by atoms with Gasteiger partial charge in [0.05, 0.1) is 0 Å². The van der Waals surface area contributed by atoms with Crippen molar-refractivity contribution in [1.29, 1.82) is 0 Å². The van der Waals surface area contributed by atoms with Gasteiger partial charge in [-0.05, 0) is 25.2 Å². The maximum atomic E-state index is 11.0. The maximum Gasteiger partial charge on any atom is 0.408 e. The summed E-state index contributed by atoms with van der Waals surface area (Å²) in [5.41, 5.74) is 0. The molecule has 2 N–H and O–H groups in total. The molecule has 1 radical (unpaired) electrons. The van der Waals surface area contributed by atoms with E-state index in [0.29, 0.717) is 19.3 Å². The standard InChI is InChI=1S/C10H16NO4/c1-6(2)5-7-3-4-8(9(12)13)11(7)10(14)15/h7-8H,3-5H2,1-2H3,(H,12,13)(H,14,15). The van der Waals surface area contributed by atoms with Crippen LogP contribution < -0.4 is 0 Å². The Balaban J connectivity index is 2.75. The molecule has 0 bridgehead atoms. The van der Waals surface area contributed by atoms with E-state index in [2.05, 4.69) is 0 Å². The summed E-state index contributed by atoms with van der Waals surface area (Å²) in [4.78, 5) is 22.9. The molecule has 1 saturated heterocycles. The molecule has 0 saturated carbocycles. The smallest absolute Gasteiger partial charge is 0.408 e. The molecule has 0 aromatic rings. The molecule has 1 aliphatic rings. The largest absolute Gasteiger partial charge is 0.480 e. The minimum Gasteiger partial charge on any atom is -0.480 e. The van der Waals surface area contributed by atoms with Crippen LogP contribution in [0.5, 0.6) is 0 Å². The van der Waals surface area contributed by atoms with E-state index in [4.69, 9.17) is 10.2 Å². The summed E-state index contributed by atoms with van der Waals surface area (Å²) < 4.78 is 0. The Morgan fingerprint density at radius 3 is 2.27 bits per heavy atom. The highest BCUT2D eigenvalue weighted by molar-refractivity contribution is 5.80. The Kier molecular flexibility index (Phi) is 3.55. The van der Waals surface area contributed by atoms with Gasteiger partial charge in [-0.3, -0.25) is 4.90 Å². The van der Waals surface area contributed by atoms with Crippen LogP contribution in [0, 0.1) is 5.92 Å². The SMILES string of the molecule is C[C](C)CC1CCC(C(=O)O)N1C(=O)O. The van der Waals surface area contributed by atoms with Crippen LogP contribution in [0.2, 0.25) is 0 Å². The maximum absolute atomic E-state index is 11.0. The van der Waals surface area contributed by atoms with E-state index in [0.717, 1.165) is 10.8 Å². The number of hydrogen-bond donors (Lipinski definition) is 2. The minimum absolute atomic E-state index is 0.173. The number of aliphatic carboxylic acids is 1. The van der Waals surface area contributed by atoms with Crippen LogP contribution in [0.25, 0.3) is 0 Å². The lowest BCUT2D eigenvalue weighted by atomic mass is 10.0. The fourth-order valence-electron chi connectivity index (χ4n) is 2.09. The summed E-state index contributed by atoms with van der Waals surface area (Å²) >= 11 is 0. The molecule has 1 rings (SSSR count). The molecular weight excluding hydrogens is 198 g/mol. The Morgan fingerprint density at radius 2 is 1.87 bits per heavy atom. The van der Waals surface area contributed by atoms with Gasteiger partial charge >= 0.3 is 12.1 Å². The quantitative estimate of drug-likeness (QED) is 0.747. The number of carboxylic acid groups (broad SMARTS) is 2. The second kappa shape index (κ2) is 4.51. The summed E-state index contributed by atoms with van der Waals surface area (Å²) in [7, 11) is 0. The predicted octanol–water partition coefficient (Wildman–Crippen LogP) is 1.59. The molecular formula is C10H16NO4. The lowest BCUT2D eigenvalue weighted by Crippen LogP contribution is -2.44. The van der Waals surface area contributed by atoms with Crippen molar-refractivity contribution in [2.75, 3.05) is 0 Å². The molecule has 1 amide bonds. The first kappa shape index (κ1) is 11.8. The summed E-state index contributed by atoms with van der Waals surface area (Å²) in [6.07, 6.45) is 0.565. The second-order valence-electron chi connectivity index (χ2n) is 4.19. The van der Waals surface area contributed by atoms with Crippen LogP contribution in [0.1, 0.15) is 33.1 Å². The molecule has 1 fully saturated rings. The fraction of sp³-hybridized carbons (Fsp3) is 0.700. The summed E-state index contributed by atoms with van der Waals surface area (Å²) in [5, 5.41) is 17.8. The van der Waals surface area contributed by atoms with Gasteiger partial charge in [0, 0.05) is 6.04 Å². The molecule has 15 heavy (non-hydrogen) atoms. The Morgan fingerprint density at radius 1 is 1.27 bits per heavy atom. The van der Waals surface area contributed by atoms with E-state index in [1.54, 1.807) is 0 Å². The molecule has 5 nitrogen and oxygen atoms in total. The molecule has 2 atom stereocenters. The van der Waals surface area contributed by atoms with Gasteiger partial charge in [-0.25, -0.2) is 9.59 Å². The van der Waals surface area contributed by atoms with Crippen molar-refractivity contribution in [1.82, 2.24) is 4.90 Å². The third-order valence-corrected chi connectivity index (χ3v) is 2.65. The molecule has 1 heterocycles. The lowest BCUT2D eigenvalue weighted by Gasteiger charge is -2.26. The van der Waals surface area contributed by atoms with Gasteiger partial charge in [0.15, 0.2) is 0 Å². The zero-order valence-electron chi connectivity index (χ0n) is 8.93. The van der Waals surface area contributed by atoms with Crippen molar-refractivity contribution >= 4 is 12.1 Å². The van der Waals surface area contributed by atoms with Gasteiger partial charge in [0.1, 0.15) is 6.04 Å². The third-order valence-electron chi connectivity index (χ3n) is 2.65. The van der Waals surface area contributed by atoms with Crippen LogP contribution in [0.3, 0.4) is 0 Å². The van der Waals surface area contributed by atoms with Crippen molar-refractivity contribution in [2.45, 2.75) is 45.2 Å². The summed E-state index contributed by atoms with van der Waals surface area (Å²) in [6, 6.07) is -1.04. The number of carboxylic acids is 1. The molecule has 85 valence electrons.